The summed E-state index contributed by atoms with van der Waals surface area (Å²) in [5.41, 5.74) is 0. The smallest absolute Gasteiger partial charge is 0.0233 e. The molecule has 2 rings (SSSR count). The quantitative estimate of drug-likeness (QED) is 0.747. The minimum absolute atomic E-state index is 0.750. The molecule has 0 aromatic carbocycles. The van der Waals surface area contributed by atoms with Crippen molar-refractivity contribution in [3.63, 3.8) is 0 Å². The van der Waals surface area contributed by atoms with Gasteiger partial charge in [-0.15, -0.1) is 0 Å². The van der Waals surface area contributed by atoms with E-state index in [1.54, 1.807) is 0 Å². The number of likely N-dealkylation sites (tertiary alicyclic amines) is 1. The molecule has 0 amide bonds. The third-order valence-corrected chi connectivity index (χ3v) is 4.13. The number of hydrogen-bond donors (Lipinski definition) is 1. The number of nitrogens with zero attached hydrogens (tertiary/aromatic N) is 1. The van der Waals surface area contributed by atoms with E-state index in [1.807, 2.05) is 0 Å². The van der Waals surface area contributed by atoms with E-state index in [4.69, 9.17) is 0 Å². The van der Waals surface area contributed by atoms with Gasteiger partial charge in [0.25, 0.3) is 0 Å². The predicted molar refractivity (Wildman–Crippen MR) is 65.0 cm³/mol. The van der Waals surface area contributed by atoms with E-state index >= 15 is 0 Å². The lowest BCUT2D eigenvalue weighted by molar-refractivity contribution is 0.312. The SMILES string of the molecule is CCC(C)CNC1CN(C2CC2)CC1C. The first-order chi connectivity index (χ1) is 7.20. The molecule has 2 fully saturated rings. The number of nitrogens with one attached hydrogen (secondary N) is 1. The first-order valence-electron chi connectivity index (χ1n) is 6.68. The highest BCUT2D eigenvalue weighted by Crippen LogP contribution is 2.31. The third kappa shape index (κ3) is 2.94. The van der Waals surface area contributed by atoms with Crippen LogP contribution in [0.15, 0.2) is 0 Å². The van der Waals surface area contributed by atoms with Gasteiger partial charge in [-0.3, -0.25) is 4.90 Å². The molecule has 2 nitrogen and oxygen atoms in total. The van der Waals surface area contributed by atoms with E-state index in [0.717, 1.165) is 23.9 Å². The molecule has 2 heteroatoms. The maximum absolute atomic E-state index is 3.75. The summed E-state index contributed by atoms with van der Waals surface area (Å²) in [4.78, 5) is 2.69. The molecule has 88 valence electrons. The Morgan fingerprint density at radius 3 is 2.67 bits per heavy atom. The van der Waals surface area contributed by atoms with Crippen LogP contribution in [0.25, 0.3) is 0 Å². The van der Waals surface area contributed by atoms with Gasteiger partial charge in [0.1, 0.15) is 0 Å². The van der Waals surface area contributed by atoms with E-state index in [-0.39, 0.29) is 0 Å². The fraction of sp³-hybridized carbons (Fsp3) is 1.00. The zero-order valence-corrected chi connectivity index (χ0v) is 10.5. The van der Waals surface area contributed by atoms with Crippen molar-refractivity contribution >= 4 is 0 Å². The maximum atomic E-state index is 3.75. The highest BCUT2D eigenvalue weighted by atomic mass is 15.2. The van der Waals surface area contributed by atoms with Crippen molar-refractivity contribution in [2.24, 2.45) is 11.8 Å². The fourth-order valence-electron chi connectivity index (χ4n) is 2.50. The molecule has 15 heavy (non-hydrogen) atoms. The molecule has 1 N–H and O–H groups in total. The average Bonchev–Trinajstić information content (AvgIpc) is 3.00. The van der Waals surface area contributed by atoms with E-state index in [9.17, 15) is 0 Å². The van der Waals surface area contributed by atoms with Crippen LogP contribution in [0.4, 0.5) is 0 Å². The molecule has 3 atom stereocenters. The summed E-state index contributed by atoms with van der Waals surface area (Å²) in [6.45, 7) is 10.8. The van der Waals surface area contributed by atoms with Gasteiger partial charge in [0, 0.05) is 25.2 Å². The second-order valence-electron chi connectivity index (χ2n) is 5.69. The average molecular weight is 210 g/mol. The Morgan fingerprint density at radius 1 is 1.33 bits per heavy atom. The van der Waals surface area contributed by atoms with Gasteiger partial charge in [0.2, 0.25) is 0 Å². The summed E-state index contributed by atoms with van der Waals surface area (Å²) in [5.74, 6) is 1.67. The minimum Gasteiger partial charge on any atom is -0.312 e. The molecular weight excluding hydrogens is 184 g/mol. The van der Waals surface area contributed by atoms with Crippen molar-refractivity contribution in [3.05, 3.63) is 0 Å². The van der Waals surface area contributed by atoms with Crippen LogP contribution >= 0.6 is 0 Å². The topological polar surface area (TPSA) is 15.3 Å². The third-order valence-electron chi connectivity index (χ3n) is 4.13. The summed E-state index contributed by atoms with van der Waals surface area (Å²) in [6.07, 6.45) is 4.19. The normalized spacial score (nSPS) is 34.6. The highest BCUT2D eigenvalue weighted by molar-refractivity contribution is 4.94. The van der Waals surface area contributed by atoms with Crippen molar-refractivity contribution in [1.29, 1.82) is 0 Å². The monoisotopic (exact) mass is 210 g/mol. The summed E-state index contributed by atoms with van der Waals surface area (Å²) >= 11 is 0. The molecule has 0 spiro atoms. The maximum Gasteiger partial charge on any atom is 0.0233 e. The summed E-state index contributed by atoms with van der Waals surface area (Å²) < 4.78 is 0. The van der Waals surface area contributed by atoms with E-state index in [0.29, 0.717) is 0 Å². The Kier molecular flexibility index (Phi) is 3.68. The van der Waals surface area contributed by atoms with Gasteiger partial charge in [-0.1, -0.05) is 27.2 Å². The van der Waals surface area contributed by atoms with Crippen LogP contribution in [0.3, 0.4) is 0 Å². The van der Waals surface area contributed by atoms with Crippen molar-refractivity contribution in [1.82, 2.24) is 10.2 Å². The molecule has 0 aromatic heterocycles. The summed E-state index contributed by atoms with van der Waals surface area (Å²) in [7, 11) is 0. The second-order valence-corrected chi connectivity index (χ2v) is 5.69. The van der Waals surface area contributed by atoms with Crippen LogP contribution < -0.4 is 5.32 Å². The standard InChI is InChI=1S/C13H26N2/c1-4-10(2)7-14-13-9-15(8-11(13)3)12-5-6-12/h10-14H,4-9H2,1-3H3. The Morgan fingerprint density at radius 2 is 2.07 bits per heavy atom. The van der Waals surface area contributed by atoms with Crippen molar-refractivity contribution < 1.29 is 0 Å². The molecule has 3 unspecified atom stereocenters. The van der Waals surface area contributed by atoms with Gasteiger partial charge in [0.05, 0.1) is 0 Å². The zero-order valence-electron chi connectivity index (χ0n) is 10.5. The zero-order chi connectivity index (χ0) is 10.8. The van der Waals surface area contributed by atoms with Gasteiger partial charge in [-0.2, -0.15) is 0 Å². The molecule has 1 saturated carbocycles. The largest absolute Gasteiger partial charge is 0.312 e. The fourth-order valence-corrected chi connectivity index (χ4v) is 2.50. The molecular formula is C13H26N2. The van der Waals surface area contributed by atoms with Crippen LogP contribution in [0.5, 0.6) is 0 Å². The van der Waals surface area contributed by atoms with Crippen LogP contribution in [0.1, 0.15) is 40.0 Å². The molecule has 0 bridgehead atoms. The Bertz CT molecular complexity index is 201. The molecule has 1 aliphatic carbocycles. The van der Waals surface area contributed by atoms with Crippen molar-refractivity contribution in [2.45, 2.75) is 52.1 Å². The van der Waals surface area contributed by atoms with E-state index in [2.05, 4.69) is 31.0 Å². The predicted octanol–water partition coefficient (Wildman–Crippen LogP) is 2.10. The summed E-state index contributed by atoms with van der Waals surface area (Å²) in [5, 5.41) is 3.75. The molecule has 0 aromatic rings. The van der Waals surface area contributed by atoms with Crippen molar-refractivity contribution in [2.75, 3.05) is 19.6 Å². The van der Waals surface area contributed by atoms with E-state index < -0.39 is 0 Å². The van der Waals surface area contributed by atoms with E-state index in [1.165, 1.54) is 38.9 Å². The molecule has 1 aliphatic heterocycles. The second kappa shape index (κ2) is 4.84. The van der Waals surface area contributed by atoms with Gasteiger partial charge in [-0.25, -0.2) is 0 Å². The molecule has 2 aliphatic rings. The highest BCUT2D eigenvalue weighted by Gasteiger charge is 2.37. The van der Waals surface area contributed by atoms with Crippen LogP contribution in [-0.2, 0) is 0 Å². The van der Waals surface area contributed by atoms with Gasteiger partial charge >= 0.3 is 0 Å². The number of rotatable bonds is 5. The Hall–Kier alpha value is -0.0800. The van der Waals surface area contributed by atoms with Crippen LogP contribution in [0, 0.1) is 11.8 Å². The van der Waals surface area contributed by atoms with Gasteiger partial charge in [-0.05, 0) is 31.2 Å². The van der Waals surface area contributed by atoms with Gasteiger partial charge in [0.15, 0.2) is 0 Å². The molecule has 0 radical (unpaired) electrons. The molecule has 1 heterocycles. The summed E-state index contributed by atoms with van der Waals surface area (Å²) in [6, 6.07) is 1.70. The lowest BCUT2D eigenvalue weighted by Gasteiger charge is -2.19. The van der Waals surface area contributed by atoms with Gasteiger partial charge < -0.3 is 5.32 Å². The Labute approximate surface area is 94.4 Å². The minimum atomic E-state index is 0.750. The lowest BCUT2D eigenvalue weighted by Crippen LogP contribution is -2.38. The van der Waals surface area contributed by atoms with Crippen LogP contribution in [0.2, 0.25) is 0 Å². The Balaban J connectivity index is 1.72. The van der Waals surface area contributed by atoms with Crippen molar-refractivity contribution in [3.8, 4) is 0 Å². The van der Waals surface area contributed by atoms with Crippen LogP contribution in [-0.4, -0.2) is 36.6 Å². The first-order valence-corrected chi connectivity index (χ1v) is 6.68. The first kappa shape index (κ1) is 11.4. The lowest BCUT2D eigenvalue weighted by atomic mass is 10.0. The molecule has 1 saturated heterocycles. The number of hydrogen-bond acceptors (Lipinski definition) is 2.